The Kier molecular flexibility index (Phi) is 5.42. The van der Waals surface area contributed by atoms with Gasteiger partial charge in [-0.2, -0.15) is 0 Å². The van der Waals surface area contributed by atoms with E-state index in [0.29, 0.717) is 17.3 Å². The van der Waals surface area contributed by atoms with Crippen molar-refractivity contribution in [2.75, 3.05) is 18.5 Å². The number of nitrogens with one attached hydrogen (secondary N) is 1. The summed E-state index contributed by atoms with van der Waals surface area (Å²) < 4.78 is 18.4. The van der Waals surface area contributed by atoms with E-state index in [-0.39, 0.29) is 12.4 Å². The molecule has 112 valence electrons. The van der Waals surface area contributed by atoms with Crippen molar-refractivity contribution in [3.05, 3.63) is 58.9 Å². The first-order valence-electron chi connectivity index (χ1n) is 6.61. The summed E-state index contributed by atoms with van der Waals surface area (Å²) in [6.07, 6.45) is -0.703. The average molecular weight is 310 g/mol. The lowest BCUT2D eigenvalue weighted by Gasteiger charge is -2.15. The summed E-state index contributed by atoms with van der Waals surface area (Å²) in [5.74, 6) is 0.261. The fraction of sp³-hybridized carbons (Fsp3) is 0.250. The second kappa shape index (κ2) is 7.29. The number of aliphatic hydroxyl groups is 1. The maximum atomic E-state index is 13.0. The molecule has 0 aliphatic heterocycles. The largest absolute Gasteiger partial charge is 0.489 e. The third-order valence-electron chi connectivity index (χ3n) is 2.98. The molecule has 0 amide bonds. The third-order valence-corrected chi connectivity index (χ3v) is 3.30. The van der Waals surface area contributed by atoms with Crippen molar-refractivity contribution < 1.29 is 14.2 Å². The molecule has 0 heterocycles. The van der Waals surface area contributed by atoms with Crippen LogP contribution < -0.4 is 10.1 Å². The molecule has 2 N–H and O–H groups in total. The van der Waals surface area contributed by atoms with Crippen LogP contribution in [0.5, 0.6) is 5.75 Å². The highest BCUT2D eigenvalue weighted by atomic mass is 35.5. The van der Waals surface area contributed by atoms with Gasteiger partial charge in [-0.15, -0.1) is 0 Å². The van der Waals surface area contributed by atoms with Crippen molar-refractivity contribution in [3.63, 3.8) is 0 Å². The molecule has 2 rings (SSSR count). The van der Waals surface area contributed by atoms with Gasteiger partial charge in [0.2, 0.25) is 0 Å². The van der Waals surface area contributed by atoms with Crippen molar-refractivity contribution >= 4 is 17.3 Å². The summed E-state index contributed by atoms with van der Waals surface area (Å²) in [7, 11) is 0. The Morgan fingerprint density at radius 1 is 1.29 bits per heavy atom. The molecule has 0 spiro atoms. The molecule has 0 radical (unpaired) electrons. The molecule has 21 heavy (non-hydrogen) atoms. The average Bonchev–Trinajstić information content (AvgIpc) is 2.45. The lowest BCUT2D eigenvalue weighted by Crippen LogP contribution is -2.26. The molecule has 0 aliphatic carbocycles. The predicted molar refractivity (Wildman–Crippen MR) is 82.6 cm³/mol. The van der Waals surface area contributed by atoms with Gasteiger partial charge in [-0.3, -0.25) is 0 Å². The maximum Gasteiger partial charge on any atom is 0.138 e. The first kappa shape index (κ1) is 15.6. The van der Waals surface area contributed by atoms with E-state index < -0.39 is 6.10 Å². The smallest absolute Gasteiger partial charge is 0.138 e. The van der Waals surface area contributed by atoms with Crippen molar-refractivity contribution in [3.8, 4) is 5.75 Å². The van der Waals surface area contributed by atoms with Crippen molar-refractivity contribution in [1.82, 2.24) is 0 Å². The van der Waals surface area contributed by atoms with E-state index in [0.717, 1.165) is 11.3 Å². The Bertz CT molecular complexity index is 607. The summed E-state index contributed by atoms with van der Waals surface area (Å²) in [5.41, 5.74) is 1.57. The van der Waals surface area contributed by atoms with Gasteiger partial charge in [0.25, 0.3) is 0 Å². The number of aliphatic hydroxyl groups excluding tert-OH is 1. The second-order valence-electron chi connectivity index (χ2n) is 4.74. The maximum absolute atomic E-state index is 13.0. The van der Waals surface area contributed by atoms with E-state index in [9.17, 15) is 9.50 Å². The SMILES string of the molecule is Cc1cc(F)ccc1NCC(O)COc1ccccc1Cl. The van der Waals surface area contributed by atoms with Crippen LogP contribution in [0.15, 0.2) is 42.5 Å². The highest BCUT2D eigenvalue weighted by Gasteiger charge is 2.08. The van der Waals surface area contributed by atoms with Gasteiger partial charge in [-0.05, 0) is 42.8 Å². The topological polar surface area (TPSA) is 41.5 Å². The van der Waals surface area contributed by atoms with Gasteiger partial charge in [0, 0.05) is 12.2 Å². The lowest BCUT2D eigenvalue weighted by molar-refractivity contribution is 0.117. The third kappa shape index (κ3) is 4.62. The molecule has 1 atom stereocenters. The van der Waals surface area contributed by atoms with Gasteiger partial charge in [-0.1, -0.05) is 23.7 Å². The quantitative estimate of drug-likeness (QED) is 0.856. The van der Waals surface area contributed by atoms with Crippen LogP contribution in [0.2, 0.25) is 5.02 Å². The van der Waals surface area contributed by atoms with Crippen LogP contribution in [0, 0.1) is 12.7 Å². The number of para-hydroxylation sites is 1. The van der Waals surface area contributed by atoms with Gasteiger partial charge < -0.3 is 15.2 Å². The molecule has 0 bridgehead atoms. The van der Waals surface area contributed by atoms with Gasteiger partial charge in [0.15, 0.2) is 0 Å². The highest BCUT2D eigenvalue weighted by molar-refractivity contribution is 6.32. The molecule has 0 saturated carbocycles. The molecule has 0 fully saturated rings. The van der Waals surface area contributed by atoms with Crippen molar-refractivity contribution in [2.24, 2.45) is 0 Å². The monoisotopic (exact) mass is 309 g/mol. The standard InChI is InChI=1S/C16H17ClFNO2/c1-11-8-12(18)6-7-15(11)19-9-13(20)10-21-16-5-3-2-4-14(16)17/h2-8,13,19-20H,9-10H2,1H3. The summed E-state index contributed by atoms with van der Waals surface area (Å²) in [5, 5.41) is 13.5. The Balaban J connectivity index is 1.82. The zero-order chi connectivity index (χ0) is 15.2. The van der Waals surface area contributed by atoms with Crippen LogP contribution in [-0.4, -0.2) is 24.4 Å². The number of hydrogen-bond donors (Lipinski definition) is 2. The van der Waals surface area contributed by atoms with E-state index in [1.54, 1.807) is 25.1 Å². The van der Waals surface area contributed by atoms with Gasteiger partial charge >= 0.3 is 0 Å². The fourth-order valence-electron chi connectivity index (χ4n) is 1.86. The van der Waals surface area contributed by atoms with Crippen molar-refractivity contribution in [1.29, 1.82) is 0 Å². The highest BCUT2D eigenvalue weighted by Crippen LogP contribution is 2.23. The summed E-state index contributed by atoms with van der Waals surface area (Å²) >= 11 is 5.96. The Morgan fingerprint density at radius 3 is 2.76 bits per heavy atom. The molecule has 1 unspecified atom stereocenters. The molecule has 0 aromatic heterocycles. The lowest BCUT2D eigenvalue weighted by atomic mass is 10.2. The van der Waals surface area contributed by atoms with E-state index in [1.165, 1.54) is 12.1 Å². The zero-order valence-corrected chi connectivity index (χ0v) is 12.4. The fourth-order valence-corrected chi connectivity index (χ4v) is 2.05. The second-order valence-corrected chi connectivity index (χ2v) is 5.14. The number of aryl methyl sites for hydroxylation is 1. The summed E-state index contributed by atoms with van der Waals surface area (Å²) in [6.45, 7) is 2.23. The Hall–Kier alpha value is -1.78. The molecule has 3 nitrogen and oxygen atoms in total. The minimum atomic E-state index is -0.703. The molecule has 2 aromatic carbocycles. The van der Waals surface area contributed by atoms with Crippen LogP contribution >= 0.6 is 11.6 Å². The first-order chi connectivity index (χ1) is 10.1. The van der Waals surface area contributed by atoms with Gasteiger partial charge in [-0.25, -0.2) is 4.39 Å². The van der Waals surface area contributed by atoms with Gasteiger partial charge in [0.1, 0.15) is 24.3 Å². The Labute approximate surface area is 128 Å². The number of anilines is 1. The summed E-state index contributed by atoms with van der Waals surface area (Å²) in [4.78, 5) is 0. The van der Waals surface area contributed by atoms with Crippen LogP contribution in [-0.2, 0) is 0 Å². The van der Waals surface area contributed by atoms with Crippen LogP contribution in [0.25, 0.3) is 0 Å². The summed E-state index contributed by atoms with van der Waals surface area (Å²) in [6, 6.07) is 11.6. The number of benzene rings is 2. The molecule has 0 aliphatic rings. The zero-order valence-electron chi connectivity index (χ0n) is 11.6. The number of hydrogen-bond acceptors (Lipinski definition) is 3. The first-order valence-corrected chi connectivity index (χ1v) is 6.99. The van der Waals surface area contributed by atoms with E-state index in [1.807, 2.05) is 12.1 Å². The van der Waals surface area contributed by atoms with E-state index in [4.69, 9.17) is 16.3 Å². The number of rotatable bonds is 6. The van der Waals surface area contributed by atoms with E-state index in [2.05, 4.69) is 5.32 Å². The Morgan fingerprint density at radius 2 is 2.05 bits per heavy atom. The minimum absolute atomic E-state index is 0.122. The van der Waals surface area contributed by atoms with Crippen molar-refractivity contribution in [2.45, 2.75) is 13.0 Å². The van der Waals surface area contributed by atoms with Crippen LogP contribution in [0.1, 0.15) is 5.56 Å². The van der Waals surface area contributed by atoms with Crippen LogP contribution in [0.4, 0.5) is 10.1 Å². The van der Waals surface area contributed by atoms with E-state index >= 15 is 0 Å². The van der Waals surface area contributed by atoms with Crippen LogP contribution in [0.3, 0.4) is 0 Å². The van der Waals surface area contributed by atoms with Gasteiger partial charge in [0.05, 0.1) is 5.02 Å². The number of ether oxygens (including phenoxy) is 1. The molecular formula is C16H17ClFNO2. The minimum Gasteiger partial charge on any atom is -0.489 e. The molecule has 5 heteroatoms. The molecule has 0 saturated heterocycles. The molecular weight excluding hydrogens is 293 g/mol. The predicted octanol–water partition coefficient (Wildman–Crippen LogP) is 3.64. The normalized spacial score (nSPS) is 12.0. The number of halogens is 2. The molecule has 2 aromatic rings.